The topological polar surface area (TPSA) is 33.1 Å². The summed E-state index contributed by atoms with van der Waals surface area (Å²) >= 11 is 1.12. The van der Waals surface area contributed by atoms with E-state index in [1.165, 1.54) is 18.2 Å². The van der Waals surface area contributed by atoms with Gasteiger partial charge in [0.2, 0.25) is 0 Å². The molecule has 0 radical (unpaired) electrons. The number of nitrogens with zero attached hydrogens (tertiary/aromatic N) is 1. The summed E-state index contributed by atoms with van der Waals surface area (Å²) in [5.41, 5.74) is 0.571. The van der Waals surface area contributed by atoms with Gasteiger partial charge in [-0.25, -0.2) is 13.8 Å². The van der Waals surface area contributed by atoms with E-state index in [0.717, 1.165) is 11.3 Å². The average molecular weight is 255 g/mol. The first-order valence-electron chi connectivity index (χ1n) is 5.21. The van der Waals surface area contributed by atoms with Crippen molar-refractivity contribution in [3.63, 3.8) is 0 Å². The zero-order chi connectivity index (χ0) is 12.4. The highest BCUT2D eigenvalue weighted by atomic mass is 32.1. The van der Waals surface area contributed by atoms with Crippen molar-refractivity contribution in [2.75, 3.05) is 0 Å². The highest BCUT2D eigenvalue weighted by molar-refractivity contribution is 7.15. The van der Waals surface area contributed by atoms with Gasteiger partial charge in [0, 0.05) is 0 Å². The van der Waals surface area contributed by atoms with Gasteiger partial charge in [-0.1, -0.05) is 13.0 Å². The number of halogens is 2. The van der Waals surface area contributed by atoms with Gasteiger partial charge in [0.1, 0.15) is 16.6 Å². The molecule has 0 spiro atoms. The predicted molar refractivity (Wildman–Crippen MR) is 62.8 cm³/mol. The number of hydrogen-bond acceptors (Lipinski definition) is 3. The standard InChI is InChI=1S/C12H11F2NOS/c1-2-9-10(6-16)17-12(15-9)11-7(13)4-3-5-8(11)14/h3-5,16H,2,6H2,1H3. The Labute approximate surface area is 102 Å². The van der Waals surface area contributed by atoms with E-state index in [0.29, 0.717) is 17.0 Å². The Hall–Kier alpha value is -1.33. The lowest BCUT2D eigenvalue weighted by Crippen LogP contribution is -1.90. The molecule has 90 valence electrons. The fraction of sp³-hybridized carbons (Fsp3) is 0.250. The monoisotopic (exact) mass is 255 g/mol. The molecule has 0 saturated carbocycles. The van der Waals surface area contributed by atoms with Crippen LogP contribution in [0.25, 0.3) is 10.6 Å². The average Bonchev–Trinajstić information content (AvgIpc) is 2.72. The molecule has 2 nitrogen and oxygen atoms in total. The van der Waals surface area contributed by atoms with Crippen molar-refractivity contribution in [3.05, 3.63) is 40.4 Å². The van der Waals surface area contributed by atoms with Crippen LogP contribution in [-0.2, 0) is 13.0 Å². The van der Waals surface area contributed by atoms with Gasteiger partial charge in [-0.2, -0.15) is 0 Å². The van der Waals surface area contributed by atoms with Crippen molar-refractivity contribution < 1.29 is 13.9 Å². The van der Waals surface area contributed by atoms with Crippen LogP contribution >= 0.6 is 11.3 Å². The lowest BCUT2D eigenvalue weighted by molar-refractivity contribution is 0.284. The zero-order valence-corrected chi connectivity index (χ0v) is 10.0. The van der Waals surface area contributed by atoms with Gasteiger partial charge in [0.15, 0.2) is 0 Å². The van der Waals surface area contributed by atoms with Crippen molar-refractivity contribution in [3.8, 4) is 10.6 Å². The lowest BCUT2D eigenvalue weighted by atomic mass is 10.2. The predicted octanol–water partition coefficient (Wildman–Crippen LogP) is 3.14. The van der Waals surface area contributed by atoms with Gasteiger partial charge >= 0.3 is 0 Å². The maximum atomic E-state index is 13.5. The van der Waals surface area contributed by atoms with Crippen LogP contribution in [0.1, 0.15) is 17.5 Å². The smallest absolute Gasteiger partial charge is 0.136 e. The van der Waals surface area contributed by atoms with E-state index >= 15 is 0 Å². The fourth-order valence-electron chi connectivity index (χ4n) is 1.59. The minimum Gasteiger partial charge on any atom is -0.391 e. The van der Waals surface area contributed by atoms with Crippen LogP contribution in [0.4, 0.5) is 8.78 Å². The number of benzene rings is 1. The molecule has 1 heterocycles. The summed E-state index contributed by atoms with van der Waals surface area (Å²) in [4.78, 5) is 4.83. The molecule has 0 amide bonds. The molecule has 5 heteroatoms. The van der Waals surface area contributed by atoms with E-state index in [4.69, 9.17) is 5.11 Å². The van der Waals surface area contributed by atoms with E-state index in [1.54, 1.807) is 0 Å². The summed E-state index contributed by atoms with van der Waals surface area (Å²) < 4.78 is 27.1. The Morgan fingerprint density at radius 1 is 1.29 bits per heavy atom. The molecular weight excluding hydrogens is 244 g/mol. The first-order chi connectivity index (χ1) is 8.17. The summed E-state index contributed by atoms with van der Waals surface area (Å²) in [5.74, 6) is -1.27. The summed E-state index contributed by atoms with van der Waals surface area (Å²) in [6.07, 6.45) is 0.627. The van der Waals surface area contributed by atoms with E-state index in [9.17, 15) is 8.78 Å². The molecule has 0 saturated heterocycles. The van der Waals surface area contributed by atoms with Gasteiger partial charge < -0.3 is 5.11 Å². The number of aromatic nitrogens is 1. The second-order valence-corrected chi connectivity index (χ2v) is 4.58. The number of aliphatic hydroxyl groups excluding tert-OH is 1. The first-order valence-corrected chi connectivity index (χ1v) is 6.02. The van der Waals surface area contributed by atoms with Gasteiger partial charge in [-0.3, -0.25) is 0 Å². The molecule has 2 aromatic rings. The number of hydrogen-bond donors (Lipinski definition) is 1. The van der Waals surface area contributed by atoms with Gasteiger partial charge in [0.05, 0.1) is 22.7 Å². The Bertz CT molecular complexity index is 498. The molecule has 0 unspecified atom stereocenters. The number of aryl methyl sites for hydroxylation is 1. The van der Waals surface area contributed by atoms with Crippen LogP contribution in [0.2, 0.25) is 0 Å². The number of aliphatic hydroxyl groups is 1. The third-order valence-corrected chi connectivity index (χ3v) is 3.53. The summed E-state index contributed by atoms with van der Waals surface area (Å²) in [7, 11) is 0. The maximum absolute atomic E-state index is 13.5. The van der Waals surface area contributed by atoms with Gasteiger partial charge in [-0.15, -0.1) is 11.3 Å². The second kappa shape index (κ2) is 4.89. The van der Waals surface area contributed by atoms with Crippen LogP contribution in [-0.4, -0.2) is 10.1 Å². The van der Waals surface area contributed by atoms with Crippen LogP contribution in [0, 0.1) is 11.6 Å². The third kappa shape index (κ3) is 2.21. The SMILES string of the molecule is CCc1nc(-c2c(F)cccc2F)sc1CO. The highest BCUT2D eigenvalue weighted by Gasteiger charge is 2.17. The van der Waals surface area contributed by atoms with Gasteiger partial charge in [0.25, 0.3) is 0 Å². The molecule has 1 aromatic heterocycles. The zero-order valence-electron chi connectivity index (χ0n) is 9.20. The molecule has 1 N–H and O–H groups in total. The Kier molecular flexibility index (Phi) is 3.49. The Morgan fingerprint density at radius 2 is 1.94 bits per heavy atom. The van der Waals surface area contributed by atoms with Crippen LogP contribution in [0.3, 0.4) is 0 Å². The fourth-order valence-corrected chi connectivity index (χ4v) is 2.65. The molecule has 0 aliphatic heterocycles. The maximum Gasteiger partial charge on any atom is 0.136 e. The Morgan fingerprint density at radius 3 is 2.41 bits per heavy atom. The quantitative estimate of drug-likeness (QED) is 0.914. The summed E-state index contributed by atoms with van der Waals surface area (Å²) in [5, 5.41) is 9.41. The molecular formula is C12H11F2NOS. The van der Waals surface area contributed by atoms with Crippen molar-refractivity contribution in [1.82, 2.24) is 4.98 Å². The Balaban J connectivity index is 2.57. The first kappa shape index (κ1) is 12.1. The molecule has 0 bridgehead atoms. The van der Waals surface area contributed by atoms with E-state index in [1.807, 2.05) is 6.92 Å². The molecule has 2 rings (SSSR count). The molecule has 0 atom stereocenters. The minimum absolute atomic E-state index is 0.119. The third-order valence-electron chi connectivity index (χ3n) is 2.43. The highest BCUT2D eigenvalue weighted by Crippen LogP contribution is 2.32. The van der Waals surface area contributed by atoms with Crippen molar-refractivity contribution >= 4 is 11.3 Å². The largest absolute Gasteiger partial charge is 0.391 e. The summed E-state index contributed by atoms with van der Waals surface area (Å²) in [6.45, 7) is 1.73. The molecule has 0 fully saturated rings. The lowest BCUT2D eigenvalue weighted by Gasteiger charge is -1.99. The molecule has 1 aromatic carbocycles. The van der Waals surface area contributed by atoms with Crippen molar-refractivity contribution in [1.29, 1.82) is 0 Å². The van der Waals surface area contributed by atoms with E-state index < -0.39 is 11.6 Å². The van der Waals surface area contributed by atoms with Crippen molar-refractivity contribution in [2.24, 2.45) is 0 Å². The molecule has 0 aliphatic rings. The van der Waals surface area contributed by atoms with Crippen LogP contribution in [0.15, 0.2) is 18.2 Å². The molecule has 0 aliphatic carbocycles. The minimum atomic E-state index is -0.633. The van der Waals surface area contributed by atoms with Crippen LogP contribution < -0.4 is 0 Å². The van der Waals surface area contributed by atoms with Crippen molar-refractivity contribution in [2.45, 2.75) is 20.0 Å². The summed E-state index contributed by atoms with van der Waals surface area (Å²) in [6, 6.07) is 3.71. The van der Waals surface area contributed by atoms with E-state index in [-0.39, 0.29) is 17.2 Å². The van der Waals surface area contributed by atoms with Crippen LogP contribution in [0.5, 0.6) is 0 Å². The van der Waals surface area contributed by atoms with E-state index in [2.05, 4.69) is 4.98 Å². The second-order valence-electron chi connectivity index (χ2n) is 3.50. The molecule has 17 heavy (non-hydrogen) atoms. The van der Waals surface area contributed by atoms with Gasteiger partial charge in [-0.05, 0) is 18.6 Å². The number of thiazole rings is 1. The normalized spacial score (nSPS) is 10.8. The number of rotatable bonds is 3.